The standard InChI is InChI=1S/C18H25N3/c1-13-7-9-21(14(2)10-13)18(12-19)16-5-6-17-15(11-16)4-3-8-20-17/h3-6,8,11,13-14,18H,7,9-10,12,19H2,1-2H3. The summed E-state index contributed by atoms with van der Waals surface area (Å²) in [4.78, 5) is 6.98. The van der Waals surface area contributed by atoms with Crippen molar-refractivity contribution in [1.82, 2.24) is 9.88 Å². The van der Waals surface area contributed by atoms with Crippen molar-refractivity contribution in [3.8, 4) is 0 Å². The molecule has 3 nitrogen and oxygen atoms in total. The monoisotopic (exact) mass is 283 g/mol. The van der Waals surface area contributed by atoms with Crippen LogP contribution in [0.5, 0.6) is 0 Å². The van der Waals surface area contributed by atoms with Crippen molar-refractivity contribution in [2.75, 3.05) is 13.1 Å². The smallest absolute Gasteiger partial charge is 0.0702 e. The van der Waals surface area contributed by atoms with E-state index in [-0.39, 0.29) is 0 Å². The first kappa shape index (κ1) is 14.5. The maximum absolute atomic E-state index is 6.12. The number of aromatic nitrogens is 1. The molecular formula is C18H25N3. The van der Waals surface area contributed by atoms with Gasteiger partial charge in [-0.2, -0.15) is 0 Å². The number of benzene rings is 1. The van der Waals surface area contributed by atoms with Crippen molar-refractivity contribution in [3.05, 3.63) is 42.1 Å². The number of pyridine rings is 1. The largest absolute Gasteiger partial charge is 0.329 e. The van der Waals surface area contributed by atoms with Crippen LogP contribution in [0.25, 0.3) is 10.9 Å². The third-order valence-corrected chi connectivity index (χ3v) is 4.83. The van der Waals surface area contributed by atoms with Gasteiger partial charge in [-0.25, -0.2) is 0 Å². The zero-order valence-corrected chi connectivity index (χ0v) is 13.0. The van der Waals surface area contributed by atoms with Crippen LogP contribution in [0.3, 0.4) is 0 Å². The molecule has 0 saturated carbocycles. The molecule has 112 valence electrons. The predicted molar refractivity (Wildman–Crippen MR) is 88.1 cm³/mol. The summed E-state index contributed by atoms with van der Waals surface area (Å²) < 4.78 is 0. The Bertz CT molecular complexity index is 610. The van der Waals surface area contributed by atoms with E-state index >= 15 is 0 Å². The second-order valence-corrected chi connectivity index (χ2v) is 6.42. The number of likely N-dealkylation sites (tertiary alicyclic amines) is 1. The zero-order chi connectivity index (χ0) is 14.8. The Balaban J connectivity index is 1.90. The van der Waals surface area contributed by atoms with Gasteiger partial charge in [0.05, 0.1) is 5.52 Å². The maximum atomic E-state index is 6.12. The van der Waals surface area contributed by atoms with Crippen LogP contribution in [0.4, 0.5) is 0 Å². The van der Waals surface area contributed by atoms with Crippen molar-refractivity contribution in [1.29, 1.82) is 0 Å². The van der Waals surface area contributed by atoms with Crippen LogP contribution in [0, 0.1) is 5.92 Å². The highest BCUT2D eigenvalue weighted by Gasteiger charge is 2.29. The van der Waals surface area contributed by atoms with Gasteiger partial charge in [0, 0.05) is 30.2 Å². The molecule has 2 N–H and O–H groups in total. The van der Waals surface area contributed by atoms with E-state index in [0.29, 0.717) is 18.6 Å². The summed E-state index contributed by atoms with van der Waals surface area (Å²) in [6.45, 7) is 6.51. The summed E-state index contributed by atoms with van der Waals surface area (Å²) in [5.41, 5.74) is 8.49. The Labute approximate surface area is 127 Å². The van der Waals surface area contributed by atoms with Crippen LogP contribution in [0.1, 0.15) is 38.3 Å². The molecule has 1 aliphatic rings. The minimum atomic E-state index is 0.317. The van der Waals surface area contributed by atoms with Gasteiger partial charge in [-0.3, -0.25) is 9.88 Å². The number of rotatable bonds is 3. The van der Waals surface area contributed by atoms with Gasteiger partial charge in [-0.05, 0) is 56.0 Å². The Kier molecular flexibility index (Phi) is 4.22. The zero-order valence-electron chi connectivity index (χ0n) is 13.0. The number of hydrogen-bond donors (Lipinski definition) is 1. The normalized spacial score (nSPS) is 25.1. The van der Waals surface area contributed by atoms with Gasteiger partial charge < -0.3 is 5.73 Å². The number of hydrogen-bond acceptors (Lipinski definition) is 3. The number of nitrogens with zero attached hydrogens (tertiary/aromatic N) is 2. The summed E-state index contributed by atoms with van der Waals surface area (Å²) in [6, 6.07) is 11.6. The highest BCUT2D eigenvalue weighted by atomic mass is 15.2. The molecule has 3 heteroatoms. The first-order valence-electron chi connectivity index (χ1n) is 7.99. The van der Waals surface area contributed by atoms with Crippen molar-refractivity contribution in [2.45, 2.75) is 38.8 Å². The minimum Gasteiger partial charge on any atom is -0.329 e. The molecule has 2 heterocycles. The lowest BCUT2D eigenvalue weighted by Gasteiger charge is -2.41. The van der Waals surface area contributed by atoms with Gasteiger partial charge in [0.25, 0.3) is 0 Å². The quantitative estimate of drug-likeness (QED) is 0.939. The van der Waals surface area contributed by atoms with Crippen molar-refractivity contribution in [3.63, 3.8) is 0 Å². The molecule has 1 aromatic carbocycles. The summed E-state index contributed by atoms with van der Waals surface area (Å²) in [6.07, 6.45) is 4.39. The average Bonchev–Trinajstić information content (AvgIpc) is 2.50. The third-order valence-electron chi connectivity index (χ3n) is 4.83. The SMILES string of the molecule is CC1CCN(C(CN)c2ccc3ncccc3c2)C(C)C1. The number of fused-ring (bicyclic) bond motifs is 1. The van der Waals surface area contributed by atoms with Crippen molar-refractivity contribution in [2.24, 2.45) is 11.7 Å². The van der Waals surface area contributed by atoms with Crippen LogP contribution in [-0.4, -0.2) is 29.0 Å². The van der Waals surface area contributed by atoms with Gasteiger partial charge in [0.2, 0.25) is 0 Å². The highest BCUT2D eigenvalue weighted by molar-refractivity contribution is 5.79. The molecule has 1 aromatic heterocycles. The van der Waals surface area contributed by atoms with Crippen LogP contribution in [-0.2, 0) is 0 Å². The fourth-order valence-corrected chi connectivity index (χ4v) is 3.65. The van der Waals surface area contributed by atoms with Crippen LogP contribution in [0.15, 0.2) is 36.5 Å². The predicted octanol–water partition coefficient (Wildman–Crippen LogP) is 3.36. The van der Waals surface area contributed by atoms with Gasteiger partial charge in [0.1, 0.15) is 0 Å². The lowest BCUT2D eigenvalue weighted by molar-refractivity contribution is 0.0848. The van der Waals surface area contributed by atoms with Crippen molar-refractivity contribution >= 4 is 10.9 Å². The van der Waals surface area contributed by atoms with E-state index in [0.717, 1.165) is 18.0 Å². The third kappa shape index (κ3) is 2.94. The topological polar surface area (TPSA) is 42.1 Å². The molecule has 3 unspecified atom stereocenters. The molecule has 1 saturated heterocycles. The van der Waals surface area contributed by atoms with E-state index in [4.69, 9.17) is 5.73 Å². The Morgan fingerprint density at radius 3 is 2.95 bits per heavy atom. The number of nitrogens with two attached hydrogens (primary N) is 1. The first-order valence-corrected chi connectivity index (χ1v) is 7.99. The summed E-state index contributed by atoms with van der Waals surface area (Å²) in [5.74, 6) is 0.829. The van der Waals surface area contributed by atoms with E-state index in [1.807, 2.05) is 12.3 Å². The molecule has 3 rings (SSSR count). The van der Waals surface area contributed by atoms with E-state index in [9.17, 15) is 0 Å². The first-order chi connectivity index (χ1) is 10.2. The Morgan fingerprint density at radius 1 is 1.33 bits per heavy atom. The van der Waals surface area contributed by atoms with E-state index in [2.05, 4.69) is 48.0 Å². The second kappa shape index (κ2) is 6.12. The molecule has 0 radical (unpaired) electrons. The molecule has 0 spiro atoms. The molecular weight excluding hydrogens is 258 g/mol. The summed E-state index contributed by atoms with van der Waals surface area (Å²) in [5, 5.41) is 1.20. The highest BCUT2D eigenvalue weighted by Crippen LogP contribution is 2.31. The minimum absolute atomic E-state index is 0.317. The number of piperidine rings is 1. The van der Waals surface area contributed by atoms with Gasteiger partial charge in [-0.1, -0.05) is 19.1 Å². The van der Waals surface area contributed by atoms with Crippen molar-refractivity contribution < 1.29 is 0 Å². The summed E-state index contributed by atoms with van der Waals surface area (Å²) in [7, 11) is 0. The van der Waals surface area contributed by atoms with Crippen LogP contribution >= 0.6 is 0 Å². The fraction of sp³-hybridized carbons (Fsp3) is 0.500. The maximum Gasteiger partial charge on any atom is 0.0702 e. The molecule has 0 bridgehead atoms. The molecule has 0 aliphatic carbocycles. The molecule has 3 atom stereocenters. The van der Waals surface area contributed by atoms with Gasteiger partial charge in [0.15, 0.2) is 0 Å². The molecule has 1 aliphatic heterocycles. The fourth-order valence-electron chi connectivity index (χ4n) is 3.65. The van der Waals surface area contributed by atoms with Crippen LogP contribution in [0.2, 0.25) is 0 Å². The second-order valence-electron chi connectivity index (χ2n) is 6.42. The lowest BCUT2D eigenvalue weighted by Crippen LogP contribution is -2.44. The Morgan fingerprint density at radius 2 is 2.19 bits per heavy atom. The average molecular weight is 283 g/mol. The lowest BCUT2D eigenvalue weighted by atomic mass is 9.90. The van der Waals surface area contributed by atoms with Crippen LogP contribution < -0.4 is 5.73 Å². The molecule has 21 heavy (non-hydrogen) atoms. The van der Waals surface area contributed by atoms with Gasteiger partial charge >= 0.3 is 0 Å². The van der Waals surface area contributed by atoms with Gasteiger partial charge in [-0.15, -0.1) is 0 Å². The van der Waals surface area contributed by atoms with E-state index in [1.165, 1.54) is 23.8 Å². The molecule has 0 amide bonds. The Hall–Kier alpha value is -1.45. The van der Waals surface area contributed by atoms with E-state index in [1.54, 1.807) is 0 Å². The van der Waals surface area contributed by atoms with E-state index < -0.39 is 0 Å². The molecule has 1 fully saturated rings. The summed E-state index contributed by atoms with van der Waals surface area (Å²) >= 11 is 0. The molecule has 2 aromatic rings.